The Balaban J connectivity index is 1.34. The van der Waals surface area contributed by atoms with Crippen molar-refractivity contribution in [3.05, 3.63) is 48.2 Å². The van der Waals surface area contributed by atoms with Gasteiger partial charge in [-0.3, -0.25) is 0 Å². The Morgan fingerprint density at radius 1 is 1.16 bits per heavy atom. The van der Waals surface area contributed by atoms with E-state index in [1.54, 1.807) is 28.8 Å². The maximum atomic E-state index is 10.7. The first kappa shape index (κ1) is 19.0. The van der Waals surface area contributed by atoms with Crippen LogP contribution in [0.1, 0.15) is 25.7 Å². The second-order valence-corrected chi connectivity index (χ2v) is 7.43. The van der Waals surface area contributed by atoms with Crippen LogP contribution in [0.4, 0.5) is 17.6 Å². The van der Waals surface area contributed by atoms with Gasteiger partial charge >= 0.3 is 0 Å². The van der Waals surface area contributed by atoms with Crippen LogP contribution in [0.3, 0.4) is 0 Å². The van der Waals surface area contributed by atoms with Crippen molar-refractivity contribution in [2.75, 3.05) is 17.7 Å². The third kappa shape index (κ3) is 4.04. The smallest absolute Gasteiger partial charge is 0.248 e. The van der Waals surface area contributed by atoms with Crippen molar-refractivity contribution in [2.24, 2.45) is 0 Å². The number of nitrogens with zero attached hydrogens (tertiary/aromatic N) is 3. The molecular formula is C22H21N5O4. The molecule has 1 aromatic heterocycles. The van der Waals surface area contributed by atoms with Gasteiger partial charge < -0.3 is 25.3 Å². The molecule has 1 saturated carbocycles. The second-order valence-electron chi connectivity index (χ2n) is 7.43. The molecular weight excluding hydrogens is 398 g/mol. The number of hydrogen-bond donors (Lipinski definition) is 2. The van der Waals surface area contributed by atoms with Crippen LogP contribution >= 0.6 is 0 Å². The first-order chi connectivity index (χ1) is 15.2. The minimum Gasteiger partial charge on any atom is -0.490 e. The molecule has 1 aliphatic heterocycles. The van der Waals surface area contributed by atoms with Gasteiger partial charge in [0.15, 0.2) is 24.0 Å². The highest BCUT2D eigenvalue weighted by Gasteiger charge is 2.19. The predicted octanol–water partition coefficient (Wildman–Crippen LogP) is 3.40. The van der Waals surface area contributed by atoms with Gasteiger partial charge in [0.2, 0.25) is 17.7 Å². The zero-order valence-corrected chi connectivity index (χ0v) is 16.7. The molecule has 1 fully saturated rings. The van der Waals surface area contributed by atoms with E-state index >= 15 is 0 Å². The van der Waals surface area contributed by atoms with Crippen LogP contribution in [0.5, 0.6) is 17.2 Å². The monoisotopic (exact) mass is 419 g/mol. The molecule has 1 aliphatic carbocycles. The minimum atomic E-state index is 0.0407. The van der Waals surface area contributed by atoms with E-state index < -0.39 is 0 Å². The zero-order chi connectivity index (χ0) is 21.2. The van der Waals surface area contributed by atoms with E-state index in [9.17, 15) is 4.79 Å². The van der Waals surface area contributed by atoms with Gasteiger partial charge in [-0.15, -0.1) is 5.10 Å². The lowest BCUT2D eigenvalue weighted by Gasteiger charge is -2.18. The number of nitrogen functional groups attached to an aromatic ring is 1. The van der Waals surface area contributed by atoms with Gasteiger partial charge in [0.1, 0.15) is 5.75 Å². The van der Waals surface area contributed by atoms with Gasteiger partial charge in [0, 0.05) is 17.8 Å². The van der Waals surface area contributed by atoms with Gasteiger partial charge in [0.05, 0.1) is 11.8 Å². The SMILES string of the molecule is Nc1nc(Nc2ccc3c(c2)OCC(=C=O)O3)nn1-c1cccc(OC2CCCC2)c1. The molecule has 0 spiro atoms. The molecule has 0 amide bonds. The highest BCUT2D eigenvalue weighted by atomic mass is 16.6. The Morgan fingerprint density at radius 3 is 2.87 bits per heavy atom. The minimum absolute atomic E-state index is 0.0407. The summed E-state index contributed by atoms with van der Waals surface area (Å²) in [6, 6.07) is 12.9. The van der Waals surface area contributed by atoms with Crippen molar-refractivity contribution in [1.29, 1.82) is 0 Å². The molecule has 3 N–H and O–H groups in total. The van der Waals surface area contributed by atoms with Crippen LogP contribution in [-0.4, -0.2) is 33.4 Å². The fourth-order valence-corrected chi connectivity index (χ4v) is 3.72. The Morgan fingerprint density at radius 2 is 2.03 bits per heavy atom. The number of aromatic nitrogens is 3. The molecule has 5 rings (SSSR count). The Hall–Kier alpha value is -3.97. The average molecular weight is 419 g/mol. The van der Waals surface area contributed by atoms with Crippen LogP contribution in [0.15, 0.2) is 48.2 Å². The van der Waals surface area contributed by atoms with Gasteiger partial charge in [-0.25, -0.2) is 4.79 Å². The van der Waals surface area contributed by atoms with Gasteiger partial charge in [-0.2, -0.15) is 9.67 Å². The maximum absolute atomic E-state index is 10.7. The average Bonchev–Trinajstić information content (AvgIpc) is 3.43. The molecule has 0 unspecified atom stereocenters. The summed E-state index contributed by atoms with van der Waals surface area (Å²) in [6.45, 7) is 0.0407. The molecule has 31 heavy (non-hydrogen) atoms. The van der Waals surface area contributed by atoms with Crippen molar-refractivity contribution in [3.63, 3.8) is 0 Å². The summed E-state index contributed by atoms with van der Waals surface area (Å²) < 4.78 is 18.6. The second kappa shape index (κ2) is 8.04. The summed E-state index contributed by atoms with van der Waals surface area (Å²) in [4.78, 5) is 15.0. The third-order valence-electron chi connectivity index (χ3n) is 5.20. The number of ether oxygens (including phenoxy) is 3. The number of carbonyl (C=O) groups excluding carboxylic acids is 1. The molecule has 0 atom stereocenters. The normalized spacial score (nSPS) is 15.5. The van der Waals surface area contributed by atoms with E-state index in [1.165, 1.54) is 12.8 Å². The van der Waals surface area contributed by atoms with Crippen molar-refractivity contribution in [1.82, 2.24) is 14.8 Å². The molecule has 158 valence electrons. The number of fused-ring (bicyclic) bond motifs is 1. The van der Waals surface area contributed by atoms with E-state index in [-0.39, 0.29) is 24.4 Å². The number of anilines is 3. The fourth-order valence-electron chi connectivity index (χ4n) is 3.72. The van der Waals surface area contributed by atoms with Crippen LogP contribution in [0, 0.1) is 0 Å². The van der Waals surface area contributed by atoms with Crippen LogP contribution in [-0.2, 0) is 4.79 Å². The van der Waals surface area contributed by atoms with Crippen molar-refractivity contribution < 1.29 is 19.0 Å². The maximum Gasteiger partial charge on any atom is 0.248 e. The number of rotatable bonds is 5. The lowest BCUT2D eigenvalue weighted by molar-refractivity contribution is 0.210. The quantitative estimate of drug-likeness (QED) is 0.605. The summed E-state index contributed by atoms with van der Waals surface area (Å²) in [7, 11) is 0. The molecule has 9 nitrogen and oxygen atoms in total. The fraction of sp³-hybridized carbons (Fsp3) is 0.273. The first-order valence-corrected chi connectivity index (χ1v) is 10.1. The van der Waals surface area contributed by atoms with Crippen LogP contribution in [0.25, 0.3) is 5.69 Å². The molecule has 0 radical (unpaired) electrons. The summed E-state index contributed by atoms with van der Waals surface area (Å²) in [5, 5.41) is 7.58. The lowest BCUT2D eigenvalue weighted by Crippen LogP contribution is -2.14. The van der Waals surface area contributed by atoms with Crippen LogP contribution < -0.4 is 25.3 Å². The van der Waals surface area contributed by atoms with E-state index in [0.717, 1.165) is 24.3 Å². The van der Waals surface area contributed by atoms with E-state index in [2.05, 4.69) is 15.4 Å². The van der Waals surface area contributed by atoms with E-state index in [4.69, 9.17) is 19.9 Å². The van der Waals surface area contributed by atoms with Gasteiger partial charge in [-0.05, 0) is 49.9 Å². The third-order valence-corrected chi connectivity index (χ3v) is 5.20. The standard InChI is InChI=1S/C22H21N5O4/c23-21-25-22(24-14-8-9-19-20(10-14)29-13-18(12-28)31-19)26-27(21)15-4-3-7-17(11-15)30-16-5-1-2-6-16/h3-4,7-11,16H,1-2,5-6,13H2,(H3,23,24,25,26). The van der Waals surface area contributed by atoms with Crippen LogP contribution in [0.2, 0.25) is 0 Å². The Labute approximate surface area is 178 Å². The molecule has 2 heterocycles. The Bertz CT molecular complexity index is 1160. The Kier molecular flexibility index (Phi) is 4.93. The summed E-state index contributed by atoms with van der Waals surface area (Å²) in [5.74, 6) is 4.16. The summed E-state index contributed by atoms with van der Waals surface area (Å²) in [5.41, 5.74) is 7.57. The molecule has 0 saturated heterocycles. The highest BCUT2D eigenvalue weighted by molar-refractivity contribution is 5.62. The zero-order valence-electron chi connectivity index (χ0n) is 16.7. The highest BCUT2D eigenvalue weighted by Crippen LogP contribution is 2.35. The molecule has 0 bridgehead atoms. The van der Waals surface area contributed by atoms with Gasteiger partial charge in [-0.1, -0.05) is 6.07 Å². The van der Waals surface area contributed by atoms with E-state index in [1.807, 2.05) is 24.3 Å². The predicted molar refractivity (Wildman–Crippen MR) is 114 cm³/mol. The molecule has 9 heteroatoms. The largest absolute Gasteiger partial charge is 0.490 e. The molecule has 3 aromatic rings. The summed E-state index contributed by atoms with van der Waals surface area (Å²) >= 11 is 0. The number of hydrogen-bond acceptors (Lipinski definition) is 8. The van der Waals surface area contributed by atoms with Crippen molar-refractivity contribution >= 4 is 23.5 Å². The lowest BCUT2D eigenvalue weighted by atomic mass is 10.2. The first-order valence-electron chi connectivity index (χ1n) is 10.1. The number of nitrogens with one attached hydrogen (secondary N) is 1. The van der Waals surface area contributed by atoms with E-state index in [0.29, 0.717) is 23.1 Å². The molecule has 2 aliphatic rings. The topological polar surface area (TPSA) is 114 Å². The van der Waals surface area contributed by atoms with Gasteiger partial charge in [0.25, 0.3) is 0 Å². The number of nitrogens with two attached hydrogens (primary N) is 1. The van der Waals surface area contributed by atoms with Crippen molar-refractivity contribution in [3.8, 4) is 22.9 Å². The molecule has 2 aromatic carbocycles. The summed E-state index contributed by atoms with van der Waals surface area (Å²) in [6.07, 6.45) is 4.88. The number of benzene rings is 2. The van der Waals surface area contributed by atoms with Crippen molar-refractivity contribution in [2.45, 2.75) is 31.8 Å².